The van der Waals surface area contributed by atoms with Gasteiger partial charge in [0.15, 0.2) is 0 Å². The van der Waals surface area contributed by atoms with Crippen LogP contribution in [-0.4, -0.2) is 54.5 Å². The molecule has 0 N–H and O–H groups in total. The third-order valence-corrected chi connectivity index (χ3v) is 3.79. The zero-order valence-corrected chi connectivity index (χ0v) is 7.51. The Hall–Kier alpha value is 0.310. The summed E-state index contributed by atoms with van der Waals surface area (Å²) < 4.78 is 0. The van der Waals surface area contributed by atoms with E-state index < -0.39 is 0 Å². The second-order valence-electron chi connectivity index (χ2n) is 3.26. The molecule has 2 aliphatic rings. The van der Waals surface area contributed by atoms with Crippen molar-refractivity contribution >= 4 is 7.92 Å². The zero-order valence-electron chi connectivity index (χ0n) is 6.62. The molecule has 10 heavy (non-hydrogen) atoms. The number of nitrogens with zero attached hydrogens (tertiary/aromatic N) is 3. The Morgan fingerprint density at radius 1 is 1.20 bits per heavy atom. The van der Waals surface area contributed by atoms with E-state index in [4.69, 9.17) is 0 Å². The van der Waals surface area contributed by atoms with Crippen molar-refractivity contribution in [1.82, 2.24) is 14.9 Å². The topological polar surface area (TPSA) is 9.72 Å². The average Bonchev–Trinajstić information content (AvgIpc) is 2.07. The highest BCUT2D eigenvalue weighted by atomic mass is 31.1. The van der Waals surface area contributed by atoms with E-state index in [1.807, 2.05) is 0 Å². The Morgan fingerprint density at radius 2 is 2.00 bits per heavy atom. The van der Waals surface area contributed by atoms with Crippen molar-refractivity contribution in [2.75, 3.05) is 39.6 Å². The van der Waals surface area contributed by atoms with Crippen molar-refractivity contribution in [3.8, 4) is 0 Å². The van der Waals surface area contributed by atoms with Crippen LogP contribution in [0.5, 0.6) is 0 Å². The first-order valence-corrected chi connectivity index (χ1v) is 5.78. The minimum atomic E-state index is 0.276. The second-order valence-corrected chi connectivity index (χ2v) is 5.53. The van der Waals surface area contributed by atoms with Crippen LogP contribution < -0.4 is 0 Å². The summed E-state index contributed by atoms with van der Waals surface area (Å²) in [5, 5.41) is 4.76. The fourth-order valence-corrected chi connectivity index (χ4v) is 3.48. The van der Waals surface area contributed by atoms with Crippen LogP contribution in [0.2, 0.25) is 0 Å². The normalized spacial score (nSPS) is 48.0. The predicted molar refractivity (Wildman–Crippen MR) is 43.8 cm³/mol. The quantitative estimate of drug-likeness (QED) is 0.474. The van der Waals surface area contributed by atoms with Crippen molar-refractivity contribution in [2.24, 2.45) is 0 Å². The maximum atomic E-state index is 2.51. The molecule has 2 fully saturated rings. The van der Waals surface area contributed by atoms with E-state index in [9.17, 15) is 0 Å². The van der Waals surface area contributed by atoms with E-state index in [1.165, 1.54) is 19.2 Å². The fraction of sp³-hybridized carbons (Fsp3) is 1.00. The van der Waals surface area contributed by atoms with Gasteiger partial charge in [-0.1, -0.05) is 7.92 Å². The standard InChI is InChI=1S/C6H14N3P/c1-7-3-8-4-9(7)6-10(2)5-8/h3-6H2,1-2H3. The first kappa shape index (κ1) is 6.99. The molecule has 2 heterocycles. The van der Waals surface area contributed by atoms with Crippen LogP contribution in [0.25, 0.3) is 0 Å². The maximum Gasteiger partial charge on any atom is 0.0667 e. The molecule has 0 aromatic heterocycles. The molecular formula is C6H14N3P. The van der Waals surface area contributed by atoms with E-state index in [0.29, 0.717) is 0 Å². The molecule has 0 amide bonds. The van der Waals surface area contributed by atoms with Crippen LogP contribution in [0.4, 0.5) is 0 Å². The molecule has 0 aromatic rings. The first-order valence-electron chi connectivity index (χ1n) is 3.62. The van der Waals surface area contributed by atoms with Gasteiger partial charge in [-0.25, -0.2) is 10.0 Å². The van der Waals surface area contributed by atoms with Gasteiger partial charge in [-0.2, -0.15) is 0 Å². The number of rotatable bonds is 0. The third-order valence-electron chi connectivity index (χ3n) is 2.10. The van der Waals surface area contributed by atoms with Crippen LogP contribution in [0.15, 0.2) is 0 Å². The summed E-state index contributed by atoms with van der Waals surface area (Å²) in [6, 6.07) is 0. The average molecular weight is 159 g/mol. The van der Waals surface area contributed by atoms with Gasteiger partial charge in [-0.15, -0.1) is 0 Å². The van der Waals surface area contributed by atoms with Gasteiger partial charge in [0.25, 0.3) is 0 Å². The lowest BCUT2D eigenvalue weighted by atomic mass is 10.8. The van der Waals surface area contributed by atoms with E-state index in [-0.39, 0.29) is 7.92 Å². The van der Waals surface area contributed by atoms with Gasteiger partial charge < -0.3 is 0 Å². The van der Waals surface area contributed by atoms with Gasteiger partial charge in [0.2, 0.25) is 0 Å². The van der Waals surface area contributed by atoms with Gasteiger partial charge in [0.1, 0.15) is 0 Å². The summed E-state index contributed by atoms with van der Waals surface area (Å²) in [6.07, 6.45) is 2.65. The SMILES string of the molecule is CN1CN2CN1CP(C)C2. The minimum absolute atomic E-state index is 0.276. The molecule has 0 aliphatic carbocycles. The fourth-order valence-electron chi connectivity index (χ4n) is 1.67. The largest absolute Gasteiger partial charge is 0.271 e. The molecule has 3 nitrogen and oxygen atoms in total. The van der Waals surface area contributed by atoms with Crippen molar-refractivity contribution in [3.63, 3.8) is 0 Å². The highest BCUT2D eigenvalue weighted by molar-refractivity contribution is 7.56. The number of hydrogen-bond acceptors (Lipinski definition) is 3. The summed E-state index contributed by atoms with van der Waals surface area (Å²) in [6.45, 7) is 4.70. The Labute approximate surface area is 63.3 Å². The summed E-state index contributed by atoms with van der Waals surface area (Å²) in [4.78, 5) is 2.51. The number of hydrazine groups is 1. The van der Waals surface area contributed by atoms with Crippen LogP contribution in [0.3, 0.4) is 0 Å². The van der Waals surface area contributed by atoms with E-state index >= 15 is 0 Å². The van der Waals surface area contributed by atoms with E-state index in [0.717, 1.165) is 6.67 Å². The van der Waals surface area contributed by atoms with Crippen molar-refractivity contribution < 1.29 is 0 Å². The minimum Gasteiger partial charge on any atom is -0.271 e. The smallest absolute Gasteiger partial charge is 0.0667 e. The Balaban J connectivity index is 2.06. The van der Waals surface area contributed by atoms with Gasteiger partial charge in [-0.3, -0.25) is 4.90 Å². The highest BCUT2D eigenvalue weighted by Gasteiger charge is 2.31. The Bertz CT molecular complexity index is 136. The maximum absolute atomic E-state index is 2.51. The van der Waals surface area contributed by atoms with Gasteiger partial charge in [0, 0.05) is 19.6 Å². The lowest BCUT2D eigenvalue weighted by Crippen LogP contribution is -2.35. The molecule has 0 saturated carbocycles. The van der Waals surface area contributed by atoms with Gasteiger partial charge >= 0.3 is 0 Å². The Morgan fingerprint density at radius 3 is 2.70 bits per heavy atom. The molecule has 3 unspecified atom stereocenters. The molecule has 2 saturated heterocycles. The monoisotopic (exact) mass is 159 g/mol. The zero-order chi connectivity index (χ0) is 7.14. The van der Waals surface area contributed by atoms with E-state index in [1.54, 1.807) is 0 Å². The summed E-state index contributed by atoms with van der Waals surface area (Å²) >= 11 is 0. The molecule has 0 radical (unpaired) electrons. The molecule has 58 valence electrons. The predicted octanol–water partition coefficient (Wildman–Crippen LogP) is 0.406. The molecule has 2 rings (SSSR count). The van der Waals surface area contributed by atoms with E-state index in [2.05, 4.69) is 28.6 Å². The van der Waals surface area contributed by atoms with Crippen LogP contribution >= 0.6 is 7.92 Å². The molecule has 2 bridgehead atoms. The lowest BCUT2D eigenvalue weighted by molar-refractivity contribution is 0.0791. The van der Waals surface area contributed by atoms with Crippen LogP contribution in [-0.2, 0) is 0 Å². The van der Waals surface area contributed by atoms with Crippen LogP contribution in [0, 0.1) is 0 Å². The van der Waals surface area contributed by atoms with Crippen molar-refractivity contribution in [3.05, 3.63) is 0 Å². The van der Waals surface area contributed by atoms with Crippen LogP contribution in [0.1, 0.15) is 0 Å². The third kappa shape index (κ3) is 1.08. The van der Waals surface area contributed by atoms with Gasteiger partial charge in [0.05, 0.1) is 13.3 Å². The summed E-state index contributed by atoms with van der Waals surface area (Å²) in [5.74, 6) is 0. The first-order chi connectivity index (χ1) is 4.75. The molecule has 3 atom stereocenters. The molecule has 0 spiro atoms. The molecule has 4 heteroatoms. The van der Waals surface area contributed by atoms with Crippen molar-refractivity contribution in [1.29, 1.82) is 0 Å². The molecule has 2 aliphatic heterocycles. The van der Waals surface area contributed by atoms with Crippen molar-refractivity contribution in [2.45, 2.75) is 0 Å². The second kappa shape index (κ2) is 2.42. The lowest BCUT2D eigenvalue weighted by Gasteiger charge is -2.29. The Kier molecular flexibility index (Phi) is 1.69. The van der Waals surface area contributed by atoms with Gasteiger partial charge in [-0.05, 0) is 6.66 Å². The number of fused-ring (bicyclic) bond motifs is 2. The molecular weight excluding hydrogens is 145 g/mol. The number of hydrogen-bond donors (Lipinski definition) is 0. The summed E-state index contributed by atoms with van der Waals surface area (Å²) in [5.41, 5.74) is 0. The summed E-state index contributed by atoms with van der Waals surface area (Å²) in [7, 11) is 2.45. The highest BCUT2D eigenvalue weighted by Crippen LogP contribution is 2.38. The molecule has 0 aromatic carbocycles.